The summed E-state index contributed by atoms with van der Waals surface area (Å²) in [6, 6.07) is 0. The average Bonchev–Trinajstić information content (AvgIpc) is 2.60. The van der Waals surface area contributed by atoms with Crippen molar-refractivity contribution in [3.8, 4) is 0 Å². The Morgan fingerprint density at radius 2 is 2.33 bits per heavy atom. The zero-order valence-electron chi connectivity index (χ0n) is 5.12. The van der Waals surface area contributed by atoms with E-state index in [1.807, 2.05) is 0 Å². The molecule has 0 bridgehead atoms. The van der Waals surface area contributed by atoms with E-state index in [9.17, 15) is 5.11 Å². The predicted molar refractivity (Wildman–Crippen MR) is 35.3 cm³/mol. The lowest BCUT2D eigenvalue weighted by Gasteiger charge is -2.13. The van der Waals surface area contributed by atoms with Gasteiger partial charge in [-0.2, -0.15) is 0 Å². The summed E-state index contributed by atoms with van der Waals surface area (Å²) >= 11 is 0. The third-order valence-electron chi connectivity index (χ3n) is 1.94. The smallest absolute Gasteiger partial charge is 0.122 e. The van der Waals surface area contributed by atoms with Gasteiger partial charge < -0.3 is 5.11 Å². The van der Waals surface area contributed by atoms with Gasteiger partial charge >= 0.3 is 0 Å². The van der Waals surface area contributed by atoms with Crippen LogP contribution in [0, 0.1) is 5.92 Å². The number of aliphatic hydroxyl groups is 1. The molecular weight excluding hydrogens is 114 g/mol. The summed E-state index contributed by atoms with van der Waals surface area (Å²) in [5.41, 5.74) is -0.667. The minimum absolute atomic E-state index is 0.458. The fraction of sp³-hybridized carbons (Fsp3) is 0.571. The van der Waals surface area contributed by atoms with Gasteiger partial charge in [0.1, 0.15) is 5.60 Å². The minimum atomic E-state index is -0.667. The first kappa shape index (κ1) is 5.18. The van der Waals surface area contributed by atoms with Crippen molar-refractivity contribution < 1.29 is 5.11 Å². The number of nitrogens with zero attached hydrogens (tertiary/aromatic N) is 1. The predicted octanol–water partition coefficient (Wildman–Crippen LogP) is 0.726. The Kier molecular flexibility index (Phi) is 0.833. The van der Waals surface area contributed by atoms with Crippen molar-refractivity contribution in [3.63, 3.8) is 0 Å². The van der Waals surface area contributed by atoms with Gasteiger partial charge in [0.25, 0.3) is 0 Å². The molecule has 1 atom stereocenters. The molecule has 0 saturated heterocycles. The van der Waals surface area contributed by atoms with Crippen LogP contribution in [0.4, 0.5) is 0 Å². The summed E-state index contributed by atoms with van der Waals surface area (Å²) in [6.45, 7) is 0. The quantitative estimate of drug-likeness (QED) is 0.547. The van der Waals surface area contributed by atoms with Gasteiger partial charge in [-0.15, -0.1) is 0 Å². The van der Waals surface area contributed by atoms with Crippen molar-refractivity contribution in [1.29, 1.82) is 0 Å². The van der Waals surface area contributed by atoms with Crippen LogP contribution in [0.15, 0.2) is 17.3 Å². The van der Waals surface area contributed by atoms with E-state index in [-0.39, 0.29) is 0 Å². The molecule has 1 fully saturated rings. The summed E-state index contributed by atoms with van der Waals surface area (Å²) < 4.78 is 0. The maximum absolute atomic E-state index is 9.59. The van der Waals surface area contributed by atoms with Gasteiger partial charge in [-0.05, 0) is 24.8 Å². The highest BCUT2D eigenvalue weighted by atomic mass is 16.3. The first-order valence-corrected chi connectivity index (χ1v) is 3.26. The molecule has 9 heavy (non-hydrogen) atoms. The summed E-state index contributed by atoms with van der Waals surface area (Å²) in [5.74, 6) is 0.458. The molecule has 1 N–H and O–H groups in total. The summed E-state index contributed by atoms with van der Waals surface area (Å²) in [5, 5.41) is 9.59. The molecular formula is C7H9NO. The van der Waals surface area contributed by atoms with Crippen molar-refractivity contribution in [3.05, 3.63) is 12.3 Å². The van der Waals surface area contributed by atoms with E-state index < -0.39 is 5.60 Å². The van der Waals surface area contributed by atoms with Gasteiger partial charge in [0.05, 0.1) is 0 Å². The molecule has 1 unspecified atom stereocenters. The van der Waals surface area contributed by atoms with E-state index >= 15 is 0 Å². The van der Waals surface area contributed by atoms with Crippen LogP contribution < -0.4 is 0 Å². The molecule has 1 aliphatic carbocycles. The molecule has 0 radical (unpaired) electrons. The Labute approximate surface area is 53.9 Å². The van der Waals surface area contributed by atoms with Crippen molar-refractivity contribution >= 4 is 6.21 Å². The lowest BCUT2D eigenvalue weighted by atomic mass is 10.0. The standard InChI is InChI=1S/C7H9NO/c9-7(6-1-2-6)3-4-8-5-7/h3-6,9H,1-2H2. The van der Waals surface area contributed by atoms with Crippen LogP contribution in [0.25, 0.3) is 0 Å². The normalized spacial score (nSPS) is 40.1. The first-order chi connectivity index (χ1) is 4.31. The van der Waals surface area contributed by atoms with Crippen molar-refractivity contribution in [2.45, 2.75) is 18.4 Å². The second-order valence-corrected chi connectivity index (χ2v) is 2.76. The molecule has 2 nitrogen and oxygen atoms in total. The van der Waals surface area contributed by atoms with Crippen LogP contribution in [-0.2, 0) is 0 Å². The zero-order chi connectivity index (χ0) is 6.32. The maximum atomic E-state index is 9.59. The van der Waals surface area contributed by atoms with Gasteiger partial charge in [-0.1, -0.05) is 0 Å². The Balaban J connectivity index is 2.22. The lowest BCUT2D eigenvalue weighted by Crippen LogP contribution is -2.28. The van der Waals surface area contributed by atoms with Crippen LogP contribution in [0.3, 0.4) is 0 Å². The van der Waals surface area contributed by atoms with E-state index in [1.54, 1.807) is 18.5 Å². The van der Waals surface area contributed by atoms with E-state index in [0.29, 0.717) is 5.92 Å². The fourth-order valence-electron chi connectivity index (χ4n) is 1.16. The third-order valence-corrected chi connectivity index (χ3v) is 1.94. The molecule has 1 aliphatic heterocycles. The maximum Gasteiger partial charge on any atom is 0.122 e. The fourth-order valence-corrected chi connectivity index (χ4v) is 1.16. The van der Waals surface area contributed by atoms with Gasteiger partial charge in [0.2, 0.25) is 0 Å². The van der Waals surface area contributed by atoms with Gasteiger partial charge in [0.15, 0.2) is 0 Å². The van der Waals surface area contributed by atoms with Crippen LogP contribution in [0.5, 0.6) is 0 Å². The molecule has 2 aliphatic rings. The molecule has 48 valence electrons. The van der Waals surface area contributed by atoms with E-state index in [2.05, 4.69) is 4.99 Å². The minimum Gasteiger partial charge on any atom is -0.380 e. The van der Waals surface area contributed by atoms with Crippen LogP contribution >= 0.6 is 0 Å². The second kappa shape index (κ2) is 1.45. The average molecular weight is 123 g/mol. The molecule has 1 heterocycles. The van der Waals surface area contributed by atoms with E-state index in [1.165, 1.54) is 0 Å². The van der Waals surface area contributed by atoms with Crippen molar-refractivity contribution in [2.24, 2.45) is 10.9 Å². The number of hydrogen-bond donors (Lipinski definition) is 1. The van der Waals surface area contributed by atoms with E-state index in [4.69, 9.17) is 0 Å². The van der Waals surface area contributed by atoms with Gasteiger partial charge in [0, 0.05) is 12.4 Å². The Hall–Kier alpha value is -0.630. The highest BCUT2D eigenvalue weighted by Crippen LogP contribution is 2.40. The van der Waals surface area contributed by atoms with Gasteiger partial charge in [-0.3, -0.25) is 4.99 Å². The largest absolute Gasteiger partial charge is 0.380 e. The highest BCUT2D eigenvalue weighted by Gasteiger charge is 2.41. The van der Waals surface area contributed by atoms with Crippen molar-refractivity contribution in [2.75, 3.05) is 0 Å². The molecule has 0 aromatic rings. The van der Waals surface area contributed by atoms with E-state index in [0.717, 1.165) is 12.8 Å². The van der Waals surface area contributed by atoms with Crippen molar-refractivity contribution in [1.82, 2.24) is 0 Å². The summed E-state index contributed by atoms with van der Waals surface area (Å²) in [7, 11) is 0. The number of aliphatic imine (C=N–C) groups is 1. The summed E-state index contributed by atoms with van der Waals surface area (Å²) in [6.07, 6.45) is 7.35. The number of rotatable bonds is 1. The monoisotopic (exact) mass is 123 g/mol. The second-order valence-electron chi connectivity index (χ2n) is 2.76. The molecule has 0 spiro atoms. The highest BCUT2D eigenvalue weighted by molar-refractivity contribution is 5.75. The SMILES string of the molecule is OC1(C2CC2)C=CN=C1. The third kappa shape index (κ3) is 0.704. The molecule has 0 aromatic heterocycles. The van der Waals surface area contributed by atoms with Crippen LogP contribution in [0.1, 0.15) is 12.8 Å². The molecule has 2 rings (SSSR count). The Bertz CT molecular complexity index is 167. The molecule has 0 amide bonds. The molecule has 2 heteroatoms. The topological polar surface area (TPSA) is 32.6 Å². The first-order valence-electron chi connectivity index (χ1n) is 3.26. The molecule has 1 saturated carbocycles. The Morgan fingerprint density at radius 3 is 2.78 bits per heavy atom. The number of hydrogen-bond acceptors (Lipinski definition) is 2. The zero-order valence-corrected chi connectivity index (χ0v) is 5.12. The summed E-state index contributed by atoms with van der Waals surface area (Å²) in [4.78, 5) is 3.84. The lowest BCUT2D eigenvalue weighted by molar-refractivity contribution is 0.146. The molecule has 0 aromatic carbocycles. The van der Waals surface area contributed by atoms with Gasteiger partial charge in [-0.25, -0.2) is 0 Å². The Morgan fingerprint density at radius 1 is 1.56 bits per heavy atom. The van der Waals surface area contributed by atoms with Crippen LogP contribution in [0.2, 0.25) is 0 Å². The van der Waals surface area contributed by atoms with Crippen LogP contribution in [-0.4, -0.2) is 16.9 Å².